The maximum Gasteiger partial charge on any atom is 0.317 e. The Bertz CT molecular complexity index is 400. The van der Waals surface area contributed by atoms with E-state index in [0.29, 0.717) is 18.4 Å². The van der Waals surface area contributed by atoms with Crippen molar-refractivity contribution < 1.29 is 14.7 Å². The minimum absolute atomic E-state index is 0.000984. The topological polar surface area (TPSA) is 72.9 Å². The predicted molar refractivity (Wildman–Crippen MR) is 80.1 cm³/mol. The van der Waals surface area contributed by atoms with Crippen LogP contribution in [0.4, 0.5) is 4.79 Å². The quantitative estimate of drug-likeness (QED) is 0.821. The molecule has 0 radical (unpaired) electrons. The SMILES string of the molecule is CC1CN(C(=O)NC2CCCC(C(=O)O)C2)CC1N(C)C. The predicted octanol–water partition coefficient (Wildman–Crippen LogP) is 1.22. The van der Waals surface area contributed by atoms with E-state index in [1.165, 1.54) is 0 Å². The monoisotopic (exact) mass is 297 g/mol. The van der Waals surface area contributed by atoms with Crippen LogP contribution < -0.4 is 5.32 Å². The number of carboxylic acids is 1. The fourth-order valence-electron chi connectivity index (χ4n) is 3.60. The summed E-state index contributed by atoms with van der Waals surface area (Å²) in [7, 11) is 4.09. The lowest BCUT2D eigenvalue weighted by Gasteiger charge is -2.29. The van der Waals surface area contributed by atoms with Gasteiger partial charge in [-0.1, -0.05) is 13.3 Å². The zero-order chi connectivity index (χ0) is 15.6. The molecular formula is C15H27N3O3. The van der Waals surface area contributed by atoms with Crippen LogP contribution >= 0.6 is 0 Å². The number of urea groups is 1. The molecule has 1 heterocycles. The second-order valence-corrected chi connectivity index (χ2v) is 6.76. The molecule has 1 saturated heterocycles. The Morgan fingerprint density at radius 1 is 1.24 bits per heavy atom. The summed E-state index contributed by atoms with van der Waals surface area (Å²) in [5, 5.41) is 12.1. The van der Waals surface area contributed by atoms with Crippen LogP contribution in [0, 0.1) is 11.8 Å². The number of likely N-dealkylation sites (tertiary alicyclic amines) is 1. The smallest absolute Gasteiger partial charge is 0.317 e. The summed E-state index contributed by atoms with van der Waals surface area (Å²) in [4.78, 5) is 27.5. The molecular weight excluding hydrogens is 270 g/mol. The molecule has 1 aliphatic carbocycles. The molecule has 4 unspecified atom stereocenters. The van der Waals surface area contributed by atoms with Crippen LogP contribution in [0.3, 0.4) is 0 Å². The van der Waals surface area contributed by atoms with Gasteiger partial charge in [-0.3, -0.25) is 4.79 Å². The molecule has 1 aliphatic heterocycles. The van der Waals surface area contributed by atoms with E-state index in [1.807, 2.05) is 19.0 Å². The number of aliphatic carboxylic acids is 1. The molecule has 4 atom stereocenters. The molecule has 0 aromatic heterocycles. The Balaban J connectivity index is 1.86. The number of carbonyl (C=O) groups excluding carboxylic acids is 1. The van der Waals surface area contributed by atoms with E-state index in [0.717, 1.165) is 32.4 Å². The summed E-state index contributed by atoms with van der Waals surface area (Å²) in [5.74, 6) is -0.587. The van der Waals surface area contributed by atoms with Crippen LogP contribution in [-0.2, 0) is 4.79 Å². The Kier molecular flexibility index (Phi) is 5.08. The highest BCUT2D eigenvalue weighted by atomic mass is 16.4. The van der Waals surface area contributed by atoms with Crippen molar-refractivity contribution in [3.05, 3.63) is 0 Å². The maximum absolute atomic E-state index is 12.4. The Morgan fingerprint density at radius 2 is 1.95 bits per heavy atom. The third-order valence-electron chi connectivity index (χ3n) is 4.87. The first kappa shape index (κ1) is 16.1. The van der Waals surface area contributed by atoms with E-state index in [9.17, 15) is 9.59 Å². The molecule has 0 spiro atoms. The first-order valence-electron chi connectivity index (χ1n) is 7.83. The van der Waals surface area contributed by atoms with Crippen molar-refractivity contribution in [1.82, 2.24) is 15.1 Å². The van der Waals surface area contributed by atoms with Gasteiger partial charge >= 0.3 is 12.0 Å². The van der Waals surface area contributed by atoms with Crippen LogP contribution in [-0.4, -0.2) is 66.2 Å². The van der Waals surface area contributed by atoms with Gasteiger partial charge in [-0.2, -0.15) is 0 Å². The van der Waals surface area contributed by atoms with Gasteiger partial charge < -0.3 is 20.2 Å². The molecule has 2 fully saturated rings. The number of hydrogen-bond acceptors (Lipinski definition) is 3. The lowest BCUT2D eigenvalue weighted by atomic mass is 9.86. The fourth-order valence-corrected chi connectivity index (χ4v) is 3.60. The van der Waals surface area contributed by atoms with Crippen molar-refractivity contribution in [3.63, 3.8) is 0 Å². The Labute approximate surface area is 126 Å². The molecule has 0 bridgehead atoms. The largest absolute Gasteiger partial charge is 0.481 e. The van der Waals surface area contributed by atoms with E-state index in [4.69, 9.17) is 5.11 Å². The lowest BCUT2D eigenvalue weighted by molar-refractivity contribution is -0.143. The van der Waals surface area contributed by atoms with E-state index in [1.54, 1.807) is 0 Å². The third-order valence-corrected chi connectivity index (χ3v) is 4.87. The third kappa shape index (κ3) is 3.87. The zero-order valence-corrected chi connectivity index (χ0v) is 13.2. The van der Waals surface area contributed by atoms with Crippen molar-refractivity contribution in [2.45, 2.75) is 44.7 Å². The minimum Gasteiger partial charge on any atom is -0.481 e. The van der Waals surface area contributed by atoms with Crippen LogP contribution in [0.15, 0.2) is 0 Å². The maximum atomic E-state index is 12.4. The van der Waals surface area contributed by atoms with Crippen LogP contribution in [0.25, 0.3) is 0 Å². The fraction of sp³-hybridized carbons (Fsp3) is 0.867. The second-order valence-electron chi connectivity index (χ2n) is 6.76. The highest BCUT2D eigenvalue weighted by Gasteiger charge is 2.35. The van der Waals surface area contributed by atoms with Gasteiger partial charge in [0.2, 0.25) is 0 Å². The van der Waals surface area contributed by atoms with Crippen LogP contribution in [0.5, 0.6) is 0 Å². The van der Waals surface area contributed by atoms with E-state index in [2.05, 4.69) is 17.1 Å². The number of carboxylic acid groups (broad SMARTS) is 1. The van der Waals surface area contributed by atoms with Gasteiger partial charge in [-0.05, 0) is 39.3 Å². The lowest BCUT2D eigenvalue weighted by Crippen LogP contribution is -2.47. The molecule has 6 heteroatoms. The van der Waals surface area contributed by atoms with E-state index >= 15 is 0 Å². The zero-order valence-electron chi connectivity index (χ0n) is 13.2. The number of rotatable bonds is 3. The molecule has 0 aromatic carbocycles. The van der Waals surface area contributed by atoms with Gasteiger partial charge in [0.1, 0.15) is 0 Å². The van der Waals surface area contributed by atoms with Crippen LogP contribution in [0.1, 0.15) is 32.6 Å². The van der Waals surface area contributed by atoms with Gasteiger partial charge in [0.15, 0.2) is 0 Å². The van der Waals surface area contributed by atoms with Gasteiger partial charge in [0.05, 0.1) is 5.92 Å². The molecule has 6 nitrogen and oxygen atoms in total. The van der Waals surface area contributed by atoms with Crippen molar-refractivity contribution in [3.8, 4) is 0 Å². The average molecular weight is 297 g/mol. The highest BCUT2D eigenvalue weighted by molar-refractivity contribution is 5.75. The summed E-state index contributed by atoms with van der Waals surface area (Å²) in [6, 6.07) is 0.358. The molecule has 2 N–H and O–H groups in total. The van der Waals surface area contributed by atoms with Gasteiger partial charge in [-0.15, -0.1) is 0 Å². The Hall–Kier alpha value is -1.30. The highest BCUT2D eigenvalue weighted by Crippen LogP contribution is 2.25. The molecule has 2 rings (SSSR count). The van der Waals surface area contributed by atoms with Crippen molar-refractivity contribution in [1.29, 1.82) is 0 Å². The van der Waals surface area contributed by atoms with Crippen molar-refractivity contribution in [2.75, 3.05) is 27.2 Å². The normalized spacial score (nSPS) is 33.2. The number of carbonyl (C=O) groups is 2. The minimum atomic E-state index is -0.739. The average Bonchev–Trinajstić information content (AvgIpc) is 2.81. The summed E-state index contributed by atoms with van der Waals surface area (Å²) in [5.41, 5.74) is 0. The number of nitrogens with one attached hydrogen (secondary N) is 1. The van der Waals surface area contributed by atoms with E-state index < -0.39 is 5.97 Å². The van der Waals surface area contributed by atoms with Crippen molar-refractivity contribution in [2.24, 2.45) is 11.8 Å². The van der Waals surface area contributed by atoms with E-state index in [-0.39, 0.29) is 18.0 Å². The molecule has 1 saturated carbocycles. The van der Waals surface area contributed by atoms with Crippen molar-refractivity contribution >= 4 is 12.0 Å². The number of likely N-dealkylation sites (N-methyl/N-ethyl adjacent to an activating group) is 1. The summed E-state index contributed by atoms with van der Waals surface area (Å²) < 4.78 is 0. The summed E-state index contributed by atoms with van der Waals surface area (Å²) in [6.07, 6.45) is 3.04. The van der Waals surface area contributed by atoms with Gasteiger partial charge in [-0.25, -0.2) is 4.79 Å². The summed E-state index contributed by atoms with van der Waals surface area (Å²) >= 11 is 0. The van der Waals surface area contributed by atoms with Gasteiger partial charge in [0, 0.05) is 25.2 Å². The molecule has 21 heavy (non-hydrogen) atoms. The summed E-state index contributed by atoms with van der Waals surface area (Å²) in [6.45, 7) is 3.68. The molecule has 2 aliphatic rings. The number of hydrogen-bond donors (Lipinski definition) is 2. The molecule has 2 amide bonds. The number of nitrogens with zero attached hydrogens (tertiary/aromatic N) is 2. The second kappa shape index (κ2) is 6.64. The molecule has 120 valence electrons. The van der Waals surface area contributed by atoms with Gasteiger partial charge in [0.25, 0.3) is 0 Å². The standard InChI is InChI=1S/C15H27N3O3/c1-10-8-18(9-13(10)17(2)3)15(21)16-12-6-4-5-11(7-12)14(19)20/h10-13H,4-9H2,1-3H3,(H,16,21)(H,19,20). The molecule has 0 aromatic rings. The van der Waals surface area contributed by atoms with Crippen LogP contribution in [0.2, 0.25) is 0 Å². The first-order valence-corrected chi connectivity index (χ1v) is 7.83. The number of amides is 2. The Morgan fingerprint density at radius 3 is 2.52 bits per heavy atom. The first-order chi connectivity index (χ1) is 9.88.